The molecule has 3 aliphatic heterocycles. The predicted molar refractivity (Wildman–Crippen MR) is 204 cm³/mol. The molecule has 0 aromatic heterocycles. The monoisotopic (exact) mass is 727 g/mol. The van der Waals surface area contributed by atoms with Crippen LogP contribution in [0.15, 0.2) is 18.2 Å². The first-order chi connectivity index (χ1) is 24.4. The Morgan fingerprint density at radius 3 is 2.38 bits per heavy atom. The second kappa shape index (κ2) is 15.9. The van der Waals surface area contributed by atoms with Crippen LogP contribution in [0.4, 0.5) is 16.2 Å². The molecular weight excluding hydrogens is 662 g/mol. The van der Waals surface area contributed by atoms with Gasteiger partial charge >= 0.3 is 6.09 Å². The number of fused-ring (bicyclic) bond motifs is 1. The molecule has 1 aromatic rings. The van der Waals surface area contributed by atoms with E-state index in [1.807, 2.05) is 39.0 Å². The van der Waals surface area contributed by atoms with E-state index in [2.05, 4.69) is 36.0 Å². The van der Waals surface area contributed by atoms with Gasteiger partial charge in [-0.3, -0.25) is 14.4 Å². The van der Waals surface area contributed by atoms with Crippen LogP contribution in [0.5, 0.6) is 5.75 Å². The highest BCUT2D eigenvalue weighted by molar-refractivity contribution is 6.03. The maximum Gasteiger partial charge on any atom is 0.410 e. The minimum Gasteiger partial charge on any atom is -0.476 e. The molecule has 1 N–H and O–H groups in total. The van der Waals surface area contributed by atoms with Gasteiger partial charge in [0.1, 0.15) is 11.4 Å². The van der Waals surface area contributed by atoms with E-state index in [1.54, 1.807) is 30.8 Å². The molecule has 4 aliphatic rings. The van der Waals surface area contributed by atoms with Gasteiger partial charge in [0, 0.05) is 71.1 Å². The average molecular weight is 728 g/mol. The summed E-state index contributed by atoms with van der Waals surface area (Å²) in [6, 6.07) is 6.00. The number of methoxy groups -OCH3 is 1. The summed E-state index contributed by atoms with van der Waals surface area (Å²) in [5.74, 6) is -0.264. The van der Waals surface area contributed by atoms with Gasteiger partial charge in [-0.25, -0.2) is 4.79 Å². The van der Waals surface area contributed by atoms with Crippen LogP contribution in [0.2, 0.25) is 0 Å². The lowest BCUT2D eigenvalue weighted by atomic mass is 9.79. The number of benzene rings is 1. The standard InChI is InChI=1S/C40H63N5O7.H2/c1-27(2)23-40(15-18-42(8)19-16-40)41-35(47)29-21-28(24-43(25-29)37(49)52-38(3,4)5)33(46)26-45(30-11-12-30)31-13-14-34-32(22-31)44(17-10-20-50-9)36(48)39(6,7)51-34;/h13-14,22,27-30H,10-12,15-21,23-26H2,1-9H3,(H,41,47);1H/t28-,29+;/m1./s1. The maximum absolute atomic E-state index is 14.4. The smallest absolute Gasteiger partial charge is 0.410 e. The summed E-state index contributed by atoms with van der Waals surface area (Å²) in [6.07, 6.45) is 5.07. The van der Waals surface area contributed by atoms with E-state index in [0.29, 0.717) is 43.3 Å². The summed E-state index contributed by atoms with van der Waals surface area (Å²) in [4.78, 5) is 63.3. The Bertz CT molecular complexity index is 1470. The highest BCUT2D eigenvalue weighted by atomic mass is 16.6. The lowest BCUT2D eigenvalue weighted by molar-refractivity contribution is -0.133. The molecule has 1 aromatic carbocycles. The fourth-order valence-electron chi connectivity index (χ4n) is 8.01. The molecule has 0 bridgehead atoms. The second-order valence-corrected chi connectivity index (χ2v) is 17.6. The van der Waals surface area contributed by atoms with Crippen LogP contribution in [0.1, 0.15) is 94.8 Å². The van der Waals surface area contributed by atoms with Crippen molar-refractivity contribution in [1.29, 1.82) is 0 Å². The summed E-state index contributed by atoms with van der Waals surface area (Å²) < 4.78 is 17.2. The number of Topliss-reactive ketones (excluding diaryl/α,β-unsaturated/α-hetero) is 1. The molecule has 12 heteroatoms. The van der Waals surface area contributed by atoms with Crippen LogP contribution >= 0.6 is 0 Å². The molecule has 1 saturated carbocycles. The van der Waals surface area contributed by atoms with E-state index in [0.717, 1.165) is 50.9 Å². The van der Waals surface area contributed by atoms with E-state index in [-0.39, 0.29) is 50.2 Å². The highest BCUT2D eigenvalue weighted by Gasteiger charge is 2.44. The Morgan fingerprint density at radius 2 is 1.77 bits per heavy atom. The van der Waals surface area contributed by atoms with Gasteiger partial charge in [0.15, 0.2) is 11.4 Å². The quantitative estimate of drug-likeness (QED) is 0.262. The number of ether oxygens (including phenoxy) is 3. The molecule has 2 saturated heterocycles. The third kappa shape index (κ3) is 9.78. The van der Waals surface area contributed by atoms with Crippen LogP contribution in [-0.4, -0.2) is 116 Å². The van der Waals surface area contributed by atoms with Gasteiger partial charge in [-0.05, 0) is 111 Å². The number of amides is 3. The molecule has 3 heterocycles. The van der Waals surface area contributed by atoms with Crippen molar-refractivity contribution in [1.82, 2.24) is 15.1 Å². The summed E-state index contributed by atoms with van der Waals surface area (Å²) in [6.45, 7) is 16.8. The van der Waals surface area contributed by atoms with Crippen LogP contribution in [0.25, 0.3) is 0 Å². The average Bonchev–Trinajstić information content (AvgIpc) is 3.91. The van der Waals surface area contributed by atoms with Gasteiger partial charge in [-0.2, -0.15) is 0 Å². The lowest BCUT2D eigenvalue weighted by Gasteiger charge is -2.44. The van der Waals surface area contributed by atoms with Gasteiger partial charge in [-0.15, -0.1) is 0 Å². The van der Waals surface area contributed by atoms with Crippen LogP contribution in [-0.2, 0) is 23.9 Å². The summed E-state index contributed by atoms with van der Waals surface area (Å²) in [5, 5.41) is 3.46. The maximum atomic E-state index is 14.4. The number of nitrogens with zero attached hydrogens (tertiary/aromatic N) is 4. The molecule has 3 fully saturated rings. The van der Waals surface area contributed by atoms with Crippen molar-refractivity contribution in [2.75, 3.05) is 69.8 Å². The summed E-state index contributed by atoms with van der Waals surface area (Å²) >= 11 is 0. The first kappa shape index (κ1) is 39.8. The van der Waals surface area contributed by atoms with Crippen molar-refractivity contribution >= 4 is 35.1 Å². The van der Waals surface area contributed by atoms with Gasteiger partial charge < -0.3 is 39.1 Å². The number of nitrogens with one attached hydrogen (secondary N) is 1. The molecule has 3 amide bonds. The normalized spacial score (nSPS) is 23.2. The largest absolute Gasteiger partial charge is 0.476 e. The number of rotatable bonds is 13. The molecule has 12 nitrogen and oxygen atoms in total. The van der Waals surface area contributed by atoms with Gasteiger partial charge in [0.05, 0.1) is 18.2 Å². The first-order valence-electron chi connectivity index (χ1n) is 19.3. The summed E-state index contributed by atoms with van der Waals surface area (Å²) in [5.41, 5.74) is -0.494. The van der Waals surface area contributed by atoms with E-state index in [1.165, 1.54) is 0 Å². The number of hydrogen-bond donors (Lipinski definition) is 1. The van der Waals surface area contributed by atoms with E-state index < -0.39 is 29.1 Å². The number of anilines is 2. The van der Waals surface area contributed by atoms with E-state index >= 15 is 0 Å². The zero-order chi connectivity index (χ0) is 38.0. The van der Waals surface area contributed by atoms with Gasteiger partial charge in [-0.1, -0.05) is 13.8 Å². The molecule has 0 radical (unpaired) electrons. The zero-order valence-electron chi connectivity index (χ0n) is 33.1. The Labute approximate surface area is 312 Å². The van der Waals surface area contributed by atoms with E-state index in [9.17, 15) is 19.2 Å². The van der Waals surface area contributed by atoms with Crippen molar-refractivity contribution in [2.24, 2.45) is 17.8 Å². The molecule has 52 heavy (non-hydrogen) atoms. The fourth-order valence-corrected chi connectivity index (χ4v) is 8.01. The number of likely N-dealkylation sites (tertiary alicyclic amines) is 2. The van der Waals surface area contributed by atoms with Crippen molar-refractivity contribution in [3.05, 3.63) is 18.2 Å². The SMILES string of the molecule is COCCCN1C(=O)C(C)(C)Oc2ccc(N(CC(=O)[C@@H]3C[C@H](C(=O)NC4(CC(C)C)CCN(C)CC4)CN(C(=O)OC(C)(C)C)C3)C3CC3)cc21.[HH]. The minimum absolute atomic E-state index is 0. The van der Waals surface area contributed by atoms with Gasteiger partial charge in [0.2, 0.25) is 5.91 Å². The van der Waals surface area contributed by atoms with Crippen molar-refractivity contribution in [2.45, 2.75) is 116 Å². The second-order valence-electron chi connectivity index (χ2n) is 17.6. The summed E-state index contributed by atoms with van der Waals surface area (Å²) in [7, 11) is 3.76. The molecule has 292 valence electrons. The third-order valence-corrected chi connectivity index (χ3v) is 10.8. The Kier molecular flexibility index (Phi) is 12.2. The minimum atomic E-state index is -1.00. The van der Waals surface area contributed by atoms with Crippen molar-refractivity contribution in [3.63, 3.8) is 0 Å². The van der Waals surface area contributed by atoms with Crippen LogP contribution < -0.4 is 19.9 Å². The van der Waals surface area contributed by atoms with E-state index in [4.69, 9.17) is 14.2 Å². The van der Waals surface area contributed by atoms with Crippen molar-refractivity contribution in [3.8, 4) is 5.75 Å². The number of ketones is 1. The first-order valence-corrected chi connectivity index (χ1v) is 19.3. The third-order valence-electron chi connectivity index (χ3n) is 10.8. The molecule has 0 spiro atoms. The molecule has 2 atom stereocenters. The lowest BCUT2D eigenvalue weighted by Crippen LogP contribution is -2.59. The van der Waals surface area contributed by atoms with Crippen LogP contribution in [0.3, 0.4) is 0 Å². The molecule has 0 unspecified atom stereocenters. The highest BCUT2D eigenvalue weighted by Crippen LogP contribution is 2.42. The van der Waals surface area contributed by atoms with Crippen molar-refractivity contribution < 1.29 is 34.8 Å². The molecular formula is C40H65N5O7. The Hall–Kier alpha value is -3.38. The Balaban J connectivity index is 0.00000627. The number of hydrogen-bond acceptors (Lipinski definition) is 9. The fraction of sp³-hybridized carbons (Fsp3) is 0.750. The van der Waals surface area contributed by atoms with Gasteiger partial charge in [0.25, 0.3) is 5.91 Å². The molecule has 1 aliphatic carbocycles. The number of piperidine rings is 2. The zero-order valence-corrected chi connectivity index (χ0v) is 33.1. The topological polar surface area (TPSA) is 121 Å². The predicted octanol–water partition coefficient (Wildman–Crippen LogP) is 5.51. The number of carbonyl (C=O) groups is 4. The molecule has 5 rings (SSSR count). The number of carbonyl (C=O) groups excluding carboxylic acids is 4. The Morgan fingerprint density at radius 1 is 1.10 bits per heavy atom. The van der Waals surface area contributed by atoms with Crippen LogP contribution in [0, 0.1) is 17.8 Å².